The first-order valence-electron chi connectivity index (χ1n) is 17.5. The number of ketones is 2. The molecule has 0 heterocycles. The summed E-state index contributed by atoms with van der Waals surface area (Å²) in [7, 11) is 0. The second-order valence-electron chi connectivity index (χ2n) is 16.3. The molecular formula is C37H54FNO10. The zero-order chi connectivity index (χ0) is 36.9. The highest BCUT2D eigenvalue weighted by molar-refractivity contribution is 6.01. The van der Waals surface area contributed by atoms with Crippen LogP contribution < -0.4 is 5.32 Å². The van der Waals surface area contributed by atoms with Gasteiger partial charge in [-0.25, -0.2) is 14.0 Å². The Morgan fingerprint density at radius 1 is 1.10 bits per heavy atom. The zero-order valence-electron chi connectivity index (χ0n) is 30.3. The van der Waals surface area contributed by atoms with E-state index in [4.69, 9.17) is 14.2 Å². The van der Waals surface area contributed by atoms with E-state index < -0.39 is 87.7 Å². The molecule has 4 aliphatic carbocycles. The molecule has 3 saturated carbocycles. The van der Waals surface area contributed by atoms with Crippen LogP contribution in [0.4, 0.5) is 9.18 Å². The van der Waals surface area contributed by atoms with Crippen LogP contribution in [0.3, 0.4) is 0 Å². The third-order valence-electron chi connectivity index (χ3n) is 11.7. The maximum atomic E-state index is 17.7. The third-order valence-corrected chi connectivity index (χ3v) is 11.7. The number of allylic oxidation sites excluding steroid dienone is 4. The van der Waals surface area contributed by atoms with Gasteiger partial charge in [-0.3, -0.25) is 14.4 Å². The molecule has 0 radical (unpaired) electrons. The Bertz CT molecular complexity index is 1420. The summed E-state index contributed by atoms with van der Waals surface area (Å²) < 4.78 is 34.3. The number of carbonyl (C=O) groups is 5. The number of esters is 2. The van der Waals surface area contributed by atoms with Crippen LogP contribution in [0.5, 0.6) is 0 Å². The molecule has 0 saturated heterocycles. The van der Waals surface area contributed by atoms with Crippen LogP contribution in [-0.4, -0.2) is 75.1 Å². The van der Waals surface area contributed by atoms with E-state index >= 15 is 4.39 Å². The summed E-state index contributed by atoms with van der Waals surface area (Å²) in [6.45, 7) is 15.3. The molecule has 1 amide bonds. The van der Waals surface area contributed by atoms with E-state index in [0.717, 1.165) is 0 Å². The van der Waals surface area contributed by atoms with E-state index in [-0.39, 0.29) is 43.8 Å². The van der Waals surface area contributed by atoms with Gasteiger partial charge in [0.25, 0.3) is 6.29 Å². The highest BCUT2D eigenvalue weighted by Crippen LogP contribution is 2.70. The van der Waals surface area contributed by atoms with Gasteiger partial charge >= 0.3 is 18.0 Å². The van der Waals surface area contributed by atoms with E-state index in [9.17, 15) is 34.2 Å². The Balaban J connectivity index is 1.69. The first kappa shape index (κ1) is 38.7. The molecule has 4 rings (SSSR count). The number of amides is 1. The number of aliphatic hydroxyl groups excluding tert-OH is 2. The molecule has 0 aliphatic heterocycles. The first-order chi connectivity index (χ1) is 22.6. The summed E-state index contributed by atoms with van der Waals surface area (Å²) in [4.78, 5) is 66.0. The van der Waals surface area contributed by atoms with Crippen LogP contribution in [0, 0.1) is 34.5 Å². The fraction of sp³-hybridized carbons (Fsp3) is 0.757. The van der Waals surface area contributed by atoms with E-state index in [1.807, 2.05) is 13.8 Å². The normalized spacial score (nSPS) is 35.6. The average Bonchev–Trinajstić information content (AvgIpc) is 3.26. The summed E-state index contributed by atoms with van der Waals surface area (Å²) in [6, 6.07) is -1.29. The number of fused-ring (bicyclic) bond motifs is 5. The van der Waals surface area contributed by atoms with Crippen molar-refractivity contribution in [2.24, 2.45) is 34.5 Å². The molecule has 274 valence electrons. The zero-order valence-corrected chi connectivity index (χ0v) is 30.3. The van der Waals surface area contributed by atoms with Crippen molar-refractivity contribution in [3.8, 4) is 0 Å². The van der Waals surface area contributed by atoms with E-state index in [1.54, 1.807) is 48.5 Å². The number of alkyl halides is 1. The number of hydrogen-bond acceptors (Lipinski definition) is 10. The van der Waals surface area contributed by atoms with E-state index in [0.29, 0.717) is 18.4 Å². The summed E-state index contributed by atoms with van der Waals surface area (Å²) in [5.74, 6) is -5.11. The molecule has 49 heavy (non-hydrogen) atoms. The van der Waals surface area contributed by atoms with Crippen LogP contribution in [0.2, 0.25) is 0 Å². The standard InChI is InChI=1S/C37H54FNO10/c1-10-21(4)17-27(42)48-36(29(43)31(45)47-30(44)28(20(2)3)39-32(46)49-33(5,6)7)16-14-24-25-12-11-22-18-23(40)13-15-34(22,8)37(25,38)26(41)19-35(24,36)9/h13,15,18,20-21,24-26,28,31,41,45H,10-12,14,16-17,19H2,1-9H3,(H,39,46)/t21?,24?,25?,26-,28-,31?,34-,35-,36-,37?/m0/s1. The molecular weight excluding hydrogens is 637 g/mol. The van der Waals surface area contributed by atoms with Crippen LogP contribution in [0.25, 0.3) is 0 Å². The van der Waals surface area contributed by atoms with Crippen molar-refractivity contribution in [3.63, 3.8) is 0 Å². The molecule has 3 fully saturated rings. The van der Waals surface area contributed by atoms with Gasteiger partial charge in [0, 0.05) is 23.2 Å². The predicted octanol–water partition coefficient (Wildman–Crippen LogP) is 5.06. The van der Waals surface area contributed by atoms with E-state index in [2.05, 4.69) is 5.32 Å². The second kappa shape index (κ2) is 13.5. The van der Waals surface area contributed by atoms with Crippen molar-refractivity contribution < 1.29 is 52.8 Å². The summed E-state index contributed by atoms with van der Waals surface area (Å²) >= 11 is 0. The Morgan fingerprint density at radius 2 is 1.76 bits per heavy atom. The highest BCUT2D eigenvalue weighted by atomic mass is 19.1. The summed E-state index contributed by atoms with van der Waals surface area (Å²) in [6.07, 6.45) is 0.512. The van der Waals surface area contributed by atoms with Gasteiger partial charge in [0.2, 0.25) is 5.78 Å². The third kappa shape index (κ3) is 6.71. The van der Waals surface area contributed by atoms with Crippen molar-refractivity contribution in [1.29, 1.82) is 0 Å². The molecule has 0 aromatic carbocycles. The molecule has 10 atom stereocenters. The van der Waals surface area contributed by atoms with Crippen molar-refractivity contribution in [2.75, 3.05) is 0 Å². The van der Waals surface area contributed by atoms with Crippen LogP contribution in [0.1, 0.15) is 107 Å². The molecule has 0 bridgehead atoms. The average molecular weight is 692 g/mol. The smallest absolute Gasteiger partial charge is 0.408 e. The number of hydrogen-bond donors (Lipinski definition) is 3. The van der Waals surface area contributed by atoms with Crippen LogP contribution >= 0.6 is 0 Å². The van der Waals surface area contributed by atoms with E-state index in [1.165, 1.54) is 18.2 Å². The summed E-state index contributed by atoms with van der Waals surface area (Å²) in [5, 5.41) is 25.5. The van der Waals surface area contributed by atoms with Crippen LogP contribution in [0.15, 0.2) is 23.8 Å². The fourth-order valence-corrected chi connectivity index (χ4v) is 8.85. The van der Waals surface area contributed by atoms with Gasteiger partial charge in [0.05, 0.1) is 6.10 Å². The number of aliphatic hydroxyl groups is 2. The van der Waals surface area contributed by atoms with Gasteiger partial charge in [-0.1, -0.05) is 52.7 Å². The number of Topliss-reactive ketones (excluding diaryl/α,β-unsaturated/α-hetero) is 1. The predicted molar refractivity (Wildman–Crippen MR) is 176 cm³/mol. The number of carbonyl (C=O) groups excluding carboxylic acids is 5. The van der Waals surface area contributed by atoms with Crippen molar-refractivity contribution >= 4 is 29.6 Å². The monoisotopic (exact) mass is 691 g/mol. The fourth-order valence-electron chi connectivity index (χ4n) is 8.85. The van der Waals surface area contributed by atoms with Crippen molar-refractivity contribution in [2.45, 2.75) is 143 Å². The van der Waals surface area contributed by atoms with Gasteiger partial charge < -0.3 is 29.7 Å². The van der Waals surface area contributed by atoms with Gasteiger partial charge in [-0.2, -0.15) is 0 Å². The minimum absolute atomic E-state index is 0.0263. The van der Waals surface area contributed by atoms with Gasteiger partial charge in [0.1, 0.15) is 11.6 Å². The Hall–Kier alpha value is -3.12. The van der Waals surface area contributed by atoms with Gasteiger partial charge in [-0.15, -0.1) is 0 Å². The molecule has 4 aliphatic rings. The lowest BCUT2D eigenvalue weighted by molar-refractivity contribution is -0.233. The Kier molecular flexibility index (Phi) is 10.7. The molecule has 0 aromatic rings. The van der Waals surface area contributed by atoms with Crippen LogP contribution in [-0.2, 0) is 33.4 Å². The molecule has 3 N–H and O–H groups in total. The number of ether oxygens (including phenoxy) is 3. The topological polar surface area (TPSA) is 166 Å². The quantitative estimate of drug-likeness (QED) is 0.160. The summed E-state index contributed by atoms with van der Waals surface area (Å²) in [5.41, 5.74) is -7.14. The minimum Gasteiger partial charge on any atom is -0.450 e. The Labute approximate surface area is 288 Å². The van der Waals surface area contributed by atoms with Crippen molar-refractivity contribution in [3.05, 3.63) is 23.8 Å². The maximum Gasteiger partial charge on any atom is 0.408 e. The molecule has 0 spiro atoms. The lowest BCUT2D eigenvalue weighted by atomic mass is 9.44. The SMILES string of the molecule is CCC(C)CC(=O)O[C@]1(C(=O)C(O)OC(=O)[C@@H](NC(=O)OC(C)(C)C)C(C)C)CCC2C3CCC4=CC(=O)C=C[C@]4(C)C3(F)[C@@H](O)C[C@@]21C. The lowest BCUT2D eigenvalue weighted by Gasteiger charge is -2.62. The lowest BCUT2D eigenvalue weighted by Crippen LogP contribution is -2.70. The number of halogens is 1. The molecule has 0 aromatic heterocycles. The molecule has 12 heteroatoms. The molecule has 5 unspecified atom stereocenters. The number of alkyl carbamates (subject to hydrolysis) is 1. The van der Waals surface area contributed by atoms with Gasteiger partial charge in [-0.05, 0) is 89.7 Å². The first-order valence-corrected chi connectivity index (χ1v) is 17.5. The molecule has 11 nitrogen and oxygen atoms in total. The number of nitrogens with one attached hydrogen (secondary N) is 1. The van der Waals surface area contributed by atoms with Crippen molar-refractivity contribution in [1.82, 2.24) is 5.32 Å². The van der Waals surface area contributed by atoms with Gasteiger partial charge in [0.15, 0.2) is 17.1 Å². The number of rotatable bonds is 10. The largest absolute Gasteiger partial charge is 0.450 e. The minimum atomic E-state index is -2.40. The maximum absolute atomic E-state index is 17.7. The Morgan fingerprint density at radius 3 is 2.35 bits per heavy atom. The second-order valence-corrected chi connectivity index (χ2v) is 16.3. The highest BCUT2D eigenvalue weighted by Gasteiger charge is 2.76.